The number of hydrogen-bond acceptors (Lipinski definition) is 3. The Morgan fingerprint density at radius 2 is 2.05 bits per heavy atom. The van der Waals surface area contributed by atoms with Crippen molar-refractivity contribution in [2.45, 2.75) is 26.3 Å². The maximum absolute atomic E-state index is 4.83. The molecule has 0 unspecified atom stereocenters. The van der Waals surface area contributed by atoms with Gasteiger partial charge in [0, 0.05) is 23.7 Å². The van der Waals surface area contributed by atoms with Crippen LogP contribution in [0.25, 0.3) is 16.2 Å². The highest BCUT2D eigenvalue weighted by Gasteiger charge is 2.15. The highest BCUT2D eigenvalue weighted by molar-refractivity contribution is 7.15. The van der Waals surface area contributed by atoms with Crippen LogP contribution in [0.1, 0.15) is 25.5 Å². The fourth-order valence-corrected chi connectivity index (χ4v) is 3.31. The number of aromatic nitrogens is 2. The first kappa shape index (κ1) is 14.3. The van der Waals surface area contributed by atoms with Crippen molar-refractivity contribution in [1.29, 1.82) is 0 Å². The molecule has 0 aliphatic rings. The molecule has 2 aromatic heterocycles. The fourth-order valence-electron chi connectivity index (χ4n) is 2.57. The summed E-state index contributed by atoms with van der Waals surface area (Å²) in [6.45, 7) is 4.30. The Morgan fingerprint density at radius 1 is 1.24 bits per heavy atom. The third kappa shape index (κ3) is 3.01. The number of unbranched alkanes of at least 4 members (excludes halogenated alkanes) is 1. The average molecular weight is 299 g/mol. The fraction of sp³-hybridized carbons (Fsp3) is 0.353. The molecule has 3 nitrogen and oxygen atoms in total. The lowest BCUT2D eigenvalue weighted by molar-refractivity contribution is 0.316. The van der Waals surface area contributed by atoms with E-state index in [4.69, 9.17) is 4.98 Å². The Labute approximate surface area is 129 Å². The van der Waals surface area contributed by atoms with E-state index < -0.39 is 0 Å². The van der Waals surface area contributed by atoms with Crippen LogP contribution in [0.15, 0.2) is 41.9 Å². The number of benzene rings is 1. The van der Waals surface area contributed by atoms with Gasteiger partial charge < -0.3 is 4.90 Å². The summed E-state index contributed by atoms with van der Waals surface area (Å²) >= 11 is 1.70. The van der Waals surface area contributed by atoms with Gasteiger partial charge in [-0.25, -0.2) is 4.98 Å². The smallest absolute Gasteiger partial charge is 0.194 e. The standard InChI is InChI=1S/C17H21N3S/c1-3-4-10-19(2)13-15-16(14-8-6-5-7-9-14)18-17-20(15)11-12-21-17/h5-9,11-12H,3-4,10,13H2,1-2H3. The molecule has 0 bridgehead atoms. The first-order chi connectivity index (χ1) is 10.3. The molecule has 110 valence electrons. The van der Waals surface area contributed by atoms with Gasteiger partial charge in [-0.3, -0.25) is 4.40 Å². The van der Waals surface area contributed by atoms with E-state index >= 15 is 0 Å². The van der Waals surface area contributed by atoms with E-state index in [0.717, 1.165) is 23.7 Å². The summed E-state index contributed by atoms with van der Waals surface area (Å²) in [5.74, 6) is 0. The highest BCUT2D eigenvalue weighted by Crippen LogP contribution is 2.27. The first-order valence-electron chi connectivity index (χ1n) is 7.48. The van der Waals surface area contributed by atoms with Crippen LogP contribution in [-0.2, 0) is 6.54 Å². The second-order valence-corrected chi connectivity index (χ2v) is 6.29. The summed E-state index contributed by atoms with van der Waals surface area (Å²) in [7, 11) is 2.19. The quantitative estimate of drug-likeness (QED) is 0.676. The molecular formula is C17H21N3S. The lowest BCUT2D eigenvalue weighted by Crippen LogP contribution is -2.20. The van der Waals surface area contributed by atoms with Crippen molar-refractivity contribution in [3.05, 3.63) is 47.6 Å². The Balaban J connectivity index is 1.96. The van der Waals surface area contributed by atoms with Crippen molar-refractivity contribution in [2.75, 3.05) is 13.6 Å². The van der Waals surface area contributed by atoms with Crippen molar-refractivity contribution in [3.63, 3.8) is 0 Å². The Kier molecular flexibility index (Phi) is 4.36. The minimum absolute atomic E-state index is 0.933. The minimum atomic E-state index is 0.933. The monoisotopic (exact) mass is 299 g/mol. The van der Waals surface area contributed by atoms with Crippen molar-refractivity contribution in [2.24, 2.45) is 0 Å². The Hall–Kier alpha value is -1.65. The van der Waals surface area contributed by atoms with Gasteiger partial charge in [0.15, 0.2) is 4.96 Å². The minimum Gasteiger partial charge on any atom is -0.301 e. The average Bonchev–Trinajstić information content (AvgIpc) is 3.09. The van der Waals surface area contributed by atoms with Gasteiger partial charge in [-0.15, -0.1) is 11.3 Å². The Bertz CT molecular complexity index is 699. The summed E-state index contributed by atoms with van der Waals surface area (Å²) in [6.07, 6.45) is 4.60. The molecule has 0 saturated carbocycles. The van der Waals surface area contributed by atoms with E-state index in [1.807, 2.05) is 0 Å². The third-order valence-electron chi connectivity index (χ3n) is 3.72. The maximum Gasteiger partial charge on any atom is 0.194 e. The van der Waals surface area contributed by atoms with Gasteiger partial charge in [0.2, 0.25) is 0 Å². The van der Waals surface area contributed by atoms with Crippen LogP contribution in [0.5, 0.6) is 0 Å². The zero-order valence-corrected chi connectivity index (χ0v) is 13.4. The lowest BCUT2D eigenvalue weighted by atomic mass is 10.1. The van der Waals surface area contributed by atoms with Gasteiger partial charge in [0.25, 0.3) is 0 Å². The first-order valence-corrected chi connectivity index (χ1v) is 8.36. The van der Waals surface area contributed by atoms with E-state index in [1.54, 1.807) is 11.3 Å². The molecule has 1 aromatic carbocycles. The molecule has 0 aliphatic heterocycles. The number of fused-ring (bicyclic) bond motifs is 1. The molecular weight excluding hydrogens is 278 g/mol. The molecule has 2 heterocycles. The largest absolute Gasteiger partial charge is 0.301 e. The van der Waals surface area contributed by atoms with Gasteiger partial charge in [0.05, 0.1) is 11.4 Å². The predicted molar refractivity (Wildman–Crippen MR) is 89.7 cm³/mol. The lowest BCUT2D eigenvalue weighted by Gasteiger charge is -2.16. The number of hydrogen-bond donors (Lipinski definition) is 0. The van der Waals surface area contributed by atoms with E-state index in [-0.39, 0.29) is 0 Å². The highest BCUT2D eigenvalue weighted by atomic mass is 32.1. The van der Waals surface area contributed by atoms with Gasteiger partial charge in [-0.2, -0.15) is 0 Å². The van der Waals surface area contributed by atoms with E-state index in [0.29, 0.717) is 0 Å². The second kappa shape index (κ2) is 6.41. The van der Waals surface area contributed by atoms with Gasteiger partial charge in [0.1, 0.15) is 0 Å². The number of imidazole rings is 1. The van der Waals surface area contributed by atoms with Crippen LogP contribution >= 0.6 is 11.3 Å². The SMILES string of the molecule is CCCCN(C)Cc1c(-c2ccccc2)nc2sccn12. The molecule has 21 heavy (non-hydrogen) atoms. The molecule has 0 radical (unpaired) electrons. The number of rotatable bonds is 6. The van der Waals surface area contributed by atoms with Crippen LogP contribution in [-0.4, -0.2) is 27.9 Å². The van der Waals surface area contributed by atoms with Gasteiger partial charge in [-0.1, -0.05) is 43.7 Å². The normalized spacial score (nSPS) is 11.6. The molecule has 0 amide bonds. The summed E-state index contributed by atoms with van der Waals surface area (Å²) in [5, 5.41) is 2.10. The molecule has 3 rings (SSSR count). The molecule has 0 fully saturated rings. The zero-order chi connectivity index (χ0) is 14.7. The van der Waals surface area contributed by atoms with Crippen LogP contribution in [0.3, 0.4) is 0 Å². The maximum atomic E-state index is 4.83. The summed E-state index contributed by atoms with van der Waals surface area (Å²) in [4.78, 5) is 8.29. The van der Waals surface area contributed by atoms with Crippen molar-refractivity contribution >= 4 is 16.3 Å². The topological polar surface area (TPSA) is 20.5 Å². The van der Waals surface area contributed by atoms with E-state index in [9.17, 15) is 0 Å². The van der Waals surface area contributed by atoms with Crippen LogP contribution < -0.4 is 0 Å². The number of nitrogens with zero attached hydrogens (tertiary/aromatic N) is 3. The molecule has 0 aliphatic carbocycles. The van der Waals surface area contributed by atoms with Crippen molar-refractivity contribution < 1.29 is 0 Å². The molecule has 0 atom stereocenters. The molecule has 0 spiro atoms. The van der Waals surface area contributed by atoms with E-state index in [2.05, 4.69) is 65.2 Å². The molecule has 3 aromatic rings. The summed E-state index contributed by atoms with van der Waals surface area (Å²) < 4.78 is 2.23. The van der Waals surface area contributed by atoms with Gasteiger partial charge >= 0.3 is 0 Å². The molecule has 4 heteroatoms. The second-order valence-electron chi connectivity index (χ2n) is 5.42. The van der Waals surface area contributed by atoms with Gasteiger partial charge in [-0.05, 0) is 20.0 Å². The predicted octanol–water partition coefficient (Wildman–Crippen LogP) is 4.29. The van der Waals surface area contributed by atoms with Crippen LogP contribution in [0.2, 0.25) is 0 Å². The van der Waals surface area contributed by atoms with Crippen LogP contribution in [0.4, 0.5) is 0 Å². The van der Waals surface area contributed by atoms with Crippen molar-refractivity contribution in [3.8, 4) is 11.3 Å². The summed E-state index contributed by atoms with van der Waals surface area (Å²) in [6, 6.07) is 10.5. The third-order valence-corrected chi connectivity index (χ3v) is 4.48. The van der Waals surface area contributed by atoms with Crippen LogP contribution in [0, 0.1) is 0 Å². The molecule has 0 saturated heterocycles. The Morgan fingerprint density at radius 3 is 2.81 bits per heavy atom. The summed E-state index contributed by atoms with van der Waals surface area (Å²) in [5.41, 5.74) is 3.61. The van der Waals surface area contributed by atoms with E-state index in [1.165, 1.54) is 24.1 Å². The zero-order valence-electron chi connectivity index (χ0n) is 12.6. The molecule has 0 N–H and O–H groups in total. The number of thiazole rings is 1. The van der Waals surface area contributed by atoms with Crippen molar-refractivity contribution in [1.82, 2.24) is 14.3 Å².